The van der Waals surface area contributed by atoms with Crippen molar-refractivity contribution in [2.75, 3.05) is 18.5 Å². The number of nitrogens with zero attached hydrogens (tertiary/aromatic N) is 6. The third kappa shape index (κ3) is 7.85. The Bertz CT molecular complexity index is 1830. The molecule has 3 aromatic rings. The number of nitriles is 1. The first-order valence-corrected chi connectivity index (χ1v) is 17.6. The minimum absolute atomic E-state index is 0.0575. The number of ether oxygens (including phenoxy) is 2. The first-order chi connectivity index (χ1) is 24.0. The topological polar surface area (TPSA) is 135 Å². The predicted molar refractivity (Wildman–Crippen MR) is 185 cm³/mol. The number of benzene rings is 1. The van der Waals surface area contributed by atoms with E-state index in [1.54, 1.807) is 37.8 Å². The van der Waals surface area contributed by atoms with Gasteiger partial charge in [-0.25, -0.2) is 23.5 Å². The standard InChI is InChI=1S/C38H47F2N7O4/c1-35(2,3)51-34(49)47(20-24-10-13-38(39,40)14-11-24)21-26-16-29(44-31-30(26)50-22-36(31,4)5)32(48)43-28-9-7-8-27(17-28)37(18-25(19-37)12-15-41)33-42-23-46(6)45-33/h7-9,16-17,23-25H,10-14,18-22H2,1-6H3,(H,43,48). The van der Waals surface area contributed by atoms with E-state index >= 15 is 0 Å². The molecule has 2 fully saturated rings. The van der Waals surface area contributed by atoms with Crippen molar-refractivity contribution in [2.24, 2.45) is 18.9 Å². The van der Waals surface area contributed by atoms with Crippen LogP contribution in [0.1, 0.15) is 113 Å². The summed E-state index contributed by atoms with van der Waals surface area (Å²) in [5, 5.41) is 16.9. The van der Waals surface area contributed by atoms with Crippen molar-refractivity contribution in [1.29, 1.82) is 5.26 Å². The van der Waals surface area contributed by atoms with Gasteiger partial charge in [0, 0.05) is 49.5 Å². The van der Waals surface area contributed by atoms with Crippen LogP contribution >= 0.6 is 0 Å². The lowest BCUT2D eigenvalue weighted by atomic mass is 9.57. The van der Waals surface area contributed by atoms with Gasteiger partial charge in [0.25, 0.3) is 5.91 Å². The minimum atomic E-state index is -2.69. The summed E-state index contributed by atoms with van der Waals surface area (Å²) >= 11 is 0. The highest BCUT2D eigenvalue weighted by atomic mass is 19.3. The van der Waals surface area contributed by atoms with Crippen molar-refractivity contribution in [3.05, 3.63) is 65.0 Å². The summed E-state index contributed by atoms with van der Waals surface area (Å²) in [6, 6.07) is 11.5. The summed E-state index contributed by atoms with van der Waals surface area (Å²) in [6.07, 6.45) is 3.19. The van der Waals surface area contributed by atoms with Gasteiger partial charge in [-0.1, -0.05) is 26.0 Å². The van der Waals surface area contributed by atoms with Crippen molar-refractivity contribution in [3.63, 3.8) is 0 Å². The number of halogens is 2. The molecule has 3 heterocycles. The first kappa shape index (κ1) is 36.2. The third-order valence-electron chi connectivity index (χ3n) is 10.2. The molecule has 0 unspecified atom stereocenters. The quantitative estimate of drug-likeness (QED) is 0.245. The number of hydrogen-bond donors (Lipinski definition) is 1. The zero-order valence-electron chi connectivity index (χ0n) is 30.3. The fourth-order valence-corrected chi connectivity index (χ4v) is 7.49. The van der Waals surface area contributed by atoms with Crippen LogP contribution in [-0.2, 0) is 29.2 Å². The van der Waals surface area contributed by atoms with E-state index in [1.807, 2.05) is 45.2 Å². The van der Waals surface area contributed by atoms with Gasteiger partial charge in [-0.2, -0.15) is 10.4 Å². The molecule has 0 radical (unpaired) electrons. The van der Waals surface area contributed by atoms with Crippen molar-refractivity contribution < 1.29 is 27.8 Å². The summed E-state index contributed by atoms with van der Waals surface area (Å²) in [5.41, 5.74) is 1.14. The van der Waals surface area contributed by atoms with E-state index < -0.39 is 34.4 Å². The number of fused-ring (bicyclic) bond motifs is 1. The number of aromatic nitrogens is 4. The van der Waals surface area contributed by atoms with Crippen LogP contribution < -0.4 is 10.1 Å². The van der Waals surface area contributed by atoms with E-state index in [0.29, 0.717) is 54.4 Å². The molecule has 0 atom stereocenters. The Labute approximate surface area is 297 Å². The highest BCUT2D eigenvalue weighted by molar-refractivity contribution is 6.03. The number of alkyl halides is 2. The molecule has 13 heteroatoms. The van der Waals surface area contributed by atoms with E-state index in [9.17, 15) is 23.6 Å². The number of amides is 2. The van der Waals surface area contributed by atoms with Crippen molar-refractivity contribution >= 4 is 17.7 Å². The highest BCUT2D eigenvalue weighted by Gasteiger charge is 2.49. The molecular formula is C38H47F2N7O4. The second-order valence-electron chi connectivity index (χ2n) is 16.2. The maximum atomic E-state index is 14.0. The smallest absolute Gasteiger partial charge is 0.410 e. The molecule has 2 aliphatic carbocycles. The molecule has 1 aliphatic heterocycles. The number of aryl methyl sites for hydroxylation is 1. The summed E-state index contributed by atoms with van der Waals surface area (Å²) in [7, 11) is 1.82. The summed E-state index contributed by atoms with van der Waals surface area (Å²) in [5.74, 6) is -1.80. The number of anilines is 1. The van der Waals surface area contributed by atoms with E-state index in [2.05, 4.69) is 21.5 Å². The molecule has 2 saturated carbocycles. The van der Waals surface area contributed by atoms with Gasteiger partial charge in [-0.3, -0.25) is 9.48 Å². The molecule has 1 N–H and O–H groups in total. The number of carbonyl (C=O) groups is 2. The van der Waals surface area contributed by atoms with E-state index in [0.717, 1.165) is 18.4 Å². The largest absolute Gasteiger partial charge is 0.490 e. The summed E-state index contributed by atoms with van der Waals surface area (Å²) in [4.78, 5) is 38.4. The normalized spacial score (nSPS) is 22.2. The van der Waals surface area contributed by atoms with Gasteiger partial charge >= 0.3 is 6.09 Å². The van der Waals surface area contributed by atoms with Crippen LogP contribution in [0.25, 0.3) is 0 Å². The van der Waals surface area contributed by atoms with E-state index in [-0.39, 0.29) is 43.5 Å². The average molecular weight is 704 g/mol. The number of carbonyl (C=O) groups excluding carboxylic acids is 2. The number of hydrogen-bond acceptors (Lipinski definition) is 8. The zero-order valence-corrected chi connectivity index (χ0v) is 30.3. The minimum Gasteiger partial charge on any atom is -0.490 e. The Morgan fingerprint density at radius 3 is 2.53 bits per heavy atom. The van der Waals surface area contributed by atoms with Crippen LogP contribution in [0.5, 0.6) is 5.75 Å². The molecule has 0 saturated heterocycles. The SMILES string of the molecule is Cn1cnc(C2(c3cccc(NC(=O)c4cc(CN(CC5CCC(F)(F)CC5)C(=O)OC(C)(C)C)c5c(n4)C(C)(C)CO5)c3)CC(CC#N)C2)n1. The van der Waals surface area contributed by atoms with Gasteiger partial charge in [-0.15, -0.1) is 0 Å². The molecule has 11 nitrogen and oxygen atoms in total. The molecule has 2 amide bonds. The number of pyridine rings is 1. The molecule has 0 spiro atoms. The second kappa shape index (κ2) is 13.5. The lowest BCUT2D eigenvalue weighted by Gasteiger charge is -2.45. The summed E-state index contributed by atoms with van der Waals surface area (Å²) in [6.45, 7) is 9.95. The van der Waals surface area contributed by atoms with Gasteiger partial charge in [0.2, 0.25) is 5.92 Å². The van der Waals surface area contributed by atoms with Crippen molar-refractivity contribution in [3.8, 4) is 11.8 Å². The highest BCUT2D eigenvalue weighted by Crippen LogP contribution is 2.52. The molecular weight excluding hydrogens is 656 g/mol. The Morgan fingerprint density at radius 1 is 1.16 bits per heavy atom. The lowest BCUT2D eigenvalue weighted by molar-refractivity contribution is -0.0498. The average Bonchev–Trinajstić information content (AvgIpc) is 3.60. The van der Waals surface area contributed by atoms with Crippen LogP contribution in [-0.4, -0.2) is 61.3 Å². The van der Waals surface area contributed by atoms with Crippen LogP contribution in [0.2, 0.25) is 0 Å². The molecule has 3 aliphatic rings. The number of rotatable bonds is 9. The van der Waals surface area contributed by atoms with Crippen LogP contribution in [0.4, 0.5) is 19.3 Å². The van der Waals surface area contributed by atoms with Gasteiger partial charge < -0.3 is 19.7 Å². The third-order valence-corrected chi connectivity index (χ3v) is 10.2. The fourth-order valence-electron chi connectivity index (χ4n) is 7.49. The number of nitrogens with one attached hydrogen (secondary N) is 1. The van der Waals surface area contributed by atoms with Gasteiger partial charge in [0.1, 0.15) is 23.4 Å². The van der Waals surface area contributed by atoms with Crippen molar-refractivity contribution in [2.45, 2.75) is 108 Å². The molecule has 6 rings (SSSR count). The van der Waals surface area contributed by atoms with Crippen LogP contribution in [0.3, 0.4) is 0 Å². The van der Waals surface area contributed by atoms with E-state index in [1.165, 1.54) is 4.90 Å². The molecule has 51 heavy (non-hydrogen) atoms. The molecule has 1 aromatic carbocycles. The molecule has 0 bridgehead atoms. The van der Waals surface area contributed by atoms with Crippen LogP contribution in [0, 0.1) is 23.2 Å². The first-order valence-electron chi connectivity index (χ1n) is 17.6. The monoisotopic (exact) mass is 703 g/mol. The van der Waals surface area contributed by atoms with Gasteiger partial charge in [0.05, 0.1) is 30.3 Å². The maximum absolute atomic E-state index is 14.0. The zero-order chi connectivity index (χ0) is 36.8. The Kier molecular flexibility index (Phi) is 9.59. The second-order valence-corrected chi connectivity index (χ2v) is 16.2. The van der Waals surface area contributed by atoms with Crippen LogP contribution in [0.15, 0.2) is 36.7 Å². The van der Waals surface area contributed by atoms with Crippen molar-refractivity contribution in [1.82, 2.24) is 24.6 Å². The fraction of sp³-hybridized carbons (Fsp3) is 0.579. The predicted octanol–water partition coefficient (Wildman–Crippen LogP) is 7.30. The van der Waals surface area contributed by atoms with Gasteiger partial charge in [-0.05, 0) is 82.1 Å². The Hall–Kier alpha value is -4.60. The Morgan fingerprint density at radius 2 is 1.88 bits per heavy atom. The van der Waals surface area contributed by atoms with E-state index in [4.69, 9.17) is 14.5 Å². The lowest BCUT2D eigenvalue weighted by Crippen LogP contribution is -2.43. The molecule has 272 valence electrons. The molecule has 2 aromatic heterocycles. The van der Waals surface area contributed by atoms with Gasteiger partial charge in [0.15, 0.2) is 5.82 Å². The summed E-state index contributed by atoms with van der Waals surface area (Å²) < 4.78 is 41.5. The maximum Gasteiger partial charge on any atom is 0.410 e. The Balaban J connectivity index is 1.28.